The van der Waals surface area contributed by atoms with Gasteiger partial charge in [-0.3, -0.25) is 4.79 Å². The molecule has 0 saturated heterocycles. The molecule has 0 heterocycles. The average Bonchev–Trinajstić information content (AvgIpc) is 2.64. The number of carbonyl (C=O) groups is 1. The molecule has 0 unspecified atom stereocenters. The van der Waals surface area contributed by atoms with E-state index in [0.717, 1.165) is 0 Å². The summed E-state index contributed by atoms with van der Waals surface area (Å²) < 4.78 is 26.5. The Morgan fingerprint density at radius 3 is 1.83 bits per heavy atom. The van der Waals surface area contributed by atoms with Crippen molar-refractivity contribution in [2.45, 2.75) is 0 Å². The van der Waals surface area contributed by atoms with Gasteiger partial charge in [-0.25, -0.2) is 0 Å². The molecule has 0 saturated carbocycles. The van der Waals surface area contributed by atoms with E-state index < -0.39 is 0 Å². The Morgan fingerprint density at radius 2 is 1.38 bits per heavy atom. The van der Waals surface area contributed by atoms with Gasteiger partial charge in [-0.05, 0) is 24.3 Å². The molecule has 6 nitrogen and oxygen atoms in total. The first kappa shape index (κ1) is 17.5. The molecule has 2 aromatic carbocycles. The van der Waals surface area contributed by atoms with E-state index in [4.69, 9.17) is 23.7 Å². The van der Waals surface area contributed by atoms with Crippen LogP contribution < -0.4 is 23.7 Å². The number of benzene rings is 2. The lowest BCUT2D eigenvalue weighted by molar-refractivity contribution is 0.0916. The molecule has 0 aromatic heterocycles. The number of ether oxygens (including phenoxy) is 5. The van der Waals surface area contributed by atoms with Gasteiger partial charge < -0.3 is 23.7 Å². The van der Waals surface area contributed by atoms with Gasteiger partial charge in [-0.2, -0.15) is 0 Å². The van der Waals surface area contributed by atoms with Gasteiger partial charge in [-0.15, -0.1) is 0 Å². The van der Waals surface area contributed by atoms with E-state index in [1.165, 1.54) is 28.4 Å². The van der Waals surface area contributed by atoms with E-state index >= 15 is 0 Å². The summed E-state index contributed by atoms with van der Waals surface area (Å²) >= 11 is 0. The van der Waals surface area contributed by atoms with Gasteiger partial charge in [0.05, 0.1) is 28.4 Å². The third-order valence-corrected chi connectivity index (χ3v) is 3.40. The second-order valence-corrected chi connectivity index (χ2v) is 4.80. The molecule has 128 valence electrons. The predicted molar refractivity (Wildman–Crippen MR) is 88.9 cm³/mol. The SMILES string of the molecule is COc1cc(OC)cc(C(=O)COc2c(OC)cccc2OC)c1. The summed E-state index contributed by atoms with van der Waals surface area (Å²) in [5.41, 5.74) is 0.431. The lowest BCUT2D eigenvalue weighted by Gasteiger charge is -2.14. The Labute approximate surface area is 140 Å². The summed E-state index contributed by atoms with van der Waals surface area (Å²) in [6.45, 7) is -0.174. The summed E-state index contributed by atoms with van der Waals surface area (Å²) in [5.74, 6) is 2.21. The molecule has 0 N–H and O–H groups in total. The highest BCUT2D eigenvalue weighted by molar-refractivity contribution is 5.98. The maximum Gasteiger partial charge on any atom is 0.203 e. The lowest BCUT2D eigenvalue weighted by atomic mass is 10.1. The van der Waals surface area contributed by atoms with Crippen LogP contribution in [0.1, 0.15) is 10.4 Å². The first-order chi connectivity index (χ1) is 11.6. The lowest BCUT2D eigenvalue weighted by Crippen LogP contribution is -2.13. The molecule has 0 radical (unpaired) electrons. The van der Waals surface area contributed by atoms with E-state index in [9.17, 15) is 4.79 Å². The number of hydrogen-bond donors (Lipinski definition) is 0. The number of carbonyl (C=O) groups excluding carboxylic acids is 1. The maximum absolute atomic E-state index is 12.4. The van der Waals surface area contributed by atoms with Gasteiger partial charge in [0.15, 0.2) is 23.9 Å². The maximum atomic E-state index is 12.4. The minimum atomic E-state index is -0.222. The summed E-state index contributed by atoms with van der Waals surface area (Å²) in [7, 11) is 6.10. The Bertz CT molecular complexity index is 666. The van der Waals surface area contributed by atoms with E-state index in [-0.39, 0.29) is 12.4 Å². The number of Topliss-reactive ketones (excluding diaryl/α,β-unsaturated/α-hetero) is 1. The van der Waals surface area contributed by atoms with Crippen molar-refractivity contribution in [2.75, 3.05) is 35.0 Å². The van der Waals surface area contributed by atoms with Crippen molar-refractivity contribution in [3.63, 3.8) is 0 Å². The molecule has 2 aromatic rings. The summed E-state index contributed by atoms with van der Waals surface area (Å²) in [5, 5.41) is 0. The van der Waals surface area contributed by atoms with Crippen LogP contribution in [0.25, 0.3) is 0 Å². The highest BCUT2D eigenvalue weighted by Gasteiger charge is 2.15. The van der Waals surface area contributed by atoms with Crippen molar-refractivity contribution in [3.05, 3.63) is 42.0 Å². The zero-order valence-corrected chi connectivity index (χ0v) is 14.1. The summed E-state index contributed by atoms with van der Waals surface area (Å²) in [6, 6.07) is 10.2. The first-order valence-corrected chi connectivity index (χ1v) is 7.23. The number of ketones is 1. The van der Waals surface area contributed by atoms with Gasteiger partial charge in [0, 0.05) is 11.6 Å². The number of rotatable bonds is 8. The third-order valence-electron chi connectivity index (χ3n) is 3.40. The highest BCUT2D eigenvalue weighted by atomic mass is 16.5. The quantitative estimate of drug-likeness (QED) is 0.693. The van der Waals surface area contributed by atoms with Crippen molar-refractivity contribution in [1.29, 1.82) is 0 Å². The van der Waals surface area contributed by atoms with Crippen LogP contribution >= 0.6 is 0 Å². The normalized spacial score (nSPS) is 10.0. The van der Waals surface area contributed by atoms with E-state index in [1.54, 1.807) is 36.4 Å². The van der Waals surface area contributed by atoms with Crippen LogP contribution in [0, 0.1) is 0 Å². The van der Waals surface area contributed by atoms with Gasteiger partial charge in [0.2, 0.25) is 5.75 Å². The Kier molecular flexibility index (Phi) is 5.89. The molecule has 0 aliphatic carbocycles. The topological polar surface area (TPSA) is 63.2 Å². The number of hydrogen-bond acceptors (Lipinski definition) is 6. The minimum absolute atomic E-state index is 0.174. The molecule has 24 heavy (non-hydrogen) atoms. The molecule has 0 aliphatic heterocycles. The third kappa shape index (κ3) is 3.90. The first-order valence-electron chi connectivity index (χ1n) is 7.23. The van der Waals surface area contributed by atoms with Crippen LogP contribution in [-0.4, -0.2) is 40.8 Å². The van der Waals surface area contributed by atoms with Crippen LogP contribution in [0.2, 0.25) is 0 Å². The monoisotopic (exact) mass is 332 g/mol. The second kappa shape index (κ2) is 8.10. The number of para-hydroxylation sites is 1. The molecule has 0 bridgehead atoms. The Balaban J connectivity index is 2.20. The van der Waals surface area contributed by atoms with Crippen LogP contribution in [0.4, 0.5) is 0 Å². The van der Waals surface area contributed by atoms with Gasteiger partial charge >= 0.3 is 0 Å². The molecule has 2 rings (SSSR count). The Hall–Kier alpha value is -2.89. The van der Waals surface area contributed by atoms with Gasteiger partial charge in [0.25, 0.3) is 0 Å². The van der Waals surface area contributed by atoms with Gasteiger partial charge in [-0.1, -0.05) is 6.07 Å². The van der Waals surface area contributed by atoms with Crippen molar-refractivity contribution >= 4 is 5.78 Å². The minimum Gasteiger partial charge on any atom is -0.497 e. The molecule has 0 aliphatic rings. The van der Waals surface area contributed by atoms with E-state index in [1.807, 2.05) is 0 Å². The average molecular weight is 332 g/mol. The summed E-state index contributed by atoms with van der Waals surface area (Å²) in [4.78, 5) is 12.4. The molecule has 0 fully saturated rings. The largest absolute Gasteiger partial charge is 0.497 e. The van der Waals surface area contributed by atoms with Crippen LogP contribution in [0.3, 0.4) is 0 Å². The molecule has 6 heteroatoms. The fraction of sp³-hybridized carbons (Fsp3) is 0.278. The molecule has 0 spiro atoms. The van der Waals surface area contributed by atoms with E-state index in [2.05, 4.69) is 0 Å². The molecule has 0 amide bonds. The van der Waals surface area contributed by atoms with Crippen molar-refractivity contribution in [2.24, 2.45) is 0 Å². The van der Waals surface area contributed by atoms with Crippen LogP contribution in [0.5, 0.6) is 28.7 Å². The standard InChI is InChI=1S/C18H20O6/c1-20-13-8-12(9-14(10-13)21-2)15(19)11-24-18-16(22-3)6-5-7-17(18)23-4/h5-10H,11H2,1-4H3. The van der Waals surface area contributed by atoms with E-state index in [0.29, 0.717) is 34.3 Å². The fourth-order valence-electron chi connectivity index (χ4n) is 2.15. The number of methoxy groups -OCH3 is 4. The van der Waals surface area contributed by atoms with Crippen molar-refractivity contribution < 1.29 is 28.5 Å². The van der Waals surface area contributed by atoms with Crippen molar-refractivity contribution in [1.82, 2.24) is 0 Å². The van der Waals surface area contributed by atoms with Gasteiger partial charge in [0.1, 0.15) is 11.5 Å². The second-order valence-electron chi connectivity index (χ2n) is 4.80. The smallest absolute Gasteiger partial charge is 0.203 e. The fourth-order valence-corrected chi connectivity index (χ4v) is 2.15. The van der Waals surface area contributed by atoms with Crippen LogP contribution in [-0.2, 0) is 0 Å². The van der Waals surface area contributed by atoms with Crippen molar-refractivity contribution in [3.8, 4) is 28.7 Å². The van der Waals surface area contributed by atoms with Crippen LogP contribution in [0.15, 0.2) is 36.4 Å². The molecular weight excluding hydrogens is 312 g/mol. The summed E-state index contributed by atoms with van der Waals surface area (Å²) in [6.07, 6.45) is 0. The zero-order chi connectivity index (χ0) is 17.5. The Morgan fingerprint density at radius 1 is 0.833 bits per heavy atom. The molecule has 0 atom stereocenters. The zero-order valence-electron chi connectivity index (χ0n) is 14.1. The predicted octanol–water partition coefficient (Wildman–Crippen LogP) is 2.98. The highest BCUT2D eigenvalue weighted by Crippen LogP contribution is 2.36. The molecular formula is C18H20O6.